The van der Waals surface area contributed by atoms with E-state index in [1.54, 1.807) is 28.8 Å². The van der Waals surface area contributed by atoms with Gasteiger partial charge in [-0.25, -0.2) is 4.79 Å². The van der Waals surface area contributed by atoms with E-state index in [2.05, 4.69) is 15.2 Å². The minimum absolute atomic E-state index is 0.0253. The first-order valence-corrected chi connectivity index (χ1v) is 8.19. The van der Waals surface area contributed by atoms with E-state index in [0.717, 1.165) is 5.56 Å². The minimum Gasteiger partial charge on any atom is -0.435 e. The lowest BCUT2D eigenvalue weighted by molar-refractivity contribution is -0.0498. The number of carbonyl (C=O) groups is 1. The molecule has 3 N–H and O–H groups in total. The average molecular weight is 365 g/mol. The molecule has 1 saturated heterocycles. The summed E-state index contributed by atoms with van der Waals surface area (Å²) >= 11 is 0. The van der Waals surface area contributed by atoms with E-state index in [-0.39, 0.29) is 23.7 Å². The molecular formula is C17H21F2N5O2. The van der Waals surface area contributed by atoms with Crippen molar-refractivity contribution in [2.45, 2.75) is 25.5 Å². The number of hydrogen-bond donors (Lipinski definition) is 2. The molecule has 2 heterocycles. The molecule has 0 radical (unpaired) electrons. The van der Waals surface area contributed by atoms with Gasteiger partial charge in [-0.2, -0.15) is 13.9 Å². The number of halogens is 2. The number of carbonyl (C=O) groups excluding carboxylic acids is 1. The molecule has 140 valence electrons. The van der Waals surface area contributed by atoms with Gasteiger partial charge in [0.25, 0.3) is 0 Å². The summed E-state index contributed by atoms with van der Waals surface area (Å²) in [6.45, 7) is -0.256. The zero-order chi connectivity index (χ0) is 18.8. The highest BCUT2D eigenvalue weighted by Crippen LogP contribution is 2.28. The number of anilines is 1. The van der Waals surface area contributed by atoms with Crippen LogP contribution in [0.1, 0.15) is 17.0 Å². The molecule has 2 atom stereocenters. The second-order valence-electron chi connectivity index (χ2n) is 6.41. The third kappa shape index (κ3) is 3.93. The van der Waals surface area contributed by atoms with E-state index in [4.69, 9.17) is 5.73 Å². The number of aromatic nitrogens is 2. The van der Waals surface area contributed by atoms with Crippen LogP contribution in [0.5, 0.6) is 5.75 Å². The highest BCUT2D eigenvalue weighted by Gasteiger charge is 2.34. The number of amides is 2. The van der Waals surface area contributed by atoms with E-state index in [0.29, 0.717) is 24.3 Å². The van der Waals surface area contributed by atoms with Crippen LogP contribution in [0, 0.1) is 6.92 Å². The van der Waals surface area contributed by atoms with Gasteiger partial charge in [0.05, 0.1) is 6.20 Å². The van der Waals surface area contributed by atoms with Gasteiger partial charge in [0.2, 0.25) is 0 Å². The Hall–Kier alpha value is -2.68. The third-order valence-corrected chi connectivity index (χ3v) is 4.47. The smallest absolute Gasteiger partial charge is 0.387 e. The number of nitrogens with one attached hydrogen (secondary N) is 1. The maximum absolute atomic E-state index is 12.5. The zero-order valence-corrected chi connectivity index (χ0v) is 14.5. The fourth-order valence-electron chi connectivity index (χ4n) is 3.13. The number of benzene rings is 1. The quantitative estimate of drug-likeness (QED) is 0.871. The van der Waals surface area contributed by atoms with Crippen LogP contribution < -0.4 is 15.8 Å². The van der Waals surface area contributed by atoms with Crippen LogP contribution >= 0.6 is 0 Å². The first-order chi connectivity index (χ1) is 12.3. The Morgan fingerprint density at radius 3 is 2.81 bits per heavy atom. The molecule has 0 saturated carbocycles. The molecule has 7 nitrogen and oxygen atoms in total. The van der Waals surface area contributed by atoms with Crippen molar-refractivity contribution in [1.29, 1.82) is 0 Å². The molecule has 0 bridgehead atoms. The SMILES string of the molecule is Cc1cc(OC(F)F)ccc1NC(=O)N1C[C@@H](N)[C@H](c2cnn(C)c2)C1. The molecular weight excluding hydrogens is 344 g/mol. The van der Waals surface area contributed by atoms with Gasteiger partial charge in [0, 0.05) is 44.0 Å². The van der Waals surface area contributed by atoms with Crippen molar-refractivity contribution in [2.24, 2.45) is 12.8 Å². The van der Waals surface area contributed by atoms with Crippen molar-refractivity contribution < 1.29 is 18.3 Å². The molecule has 0 spiro atoms. The van der Waals surface area contributed by atoms with Crippen molar-refractivity contribution in [3.63, 3.8) is 0 Å². The summed E-state index contributed by atoms with van der Waals surface area (Å²) in [5.74, 6) is 0.0766. The zero-order valence-electron chi connectivity index (χ0n) is 14.5. The first-order valence-electron chi connectivity index (χ1n) is 8.19. The molecule has 1 aliphatic rings. The molecule has 1 aromatic carbocycles. The van der Waals surface area contributed by atoms with E-state index in [1.807, 2.05) is 13.2 Å². The number of rotatable bonds is 4. The van der Waals surface area contributed by atoms with Crippen molar-refractivity contribution in [3.8, 4) is 5.75 Å². The molecule has 9 heteroatoms. The monoisotopic (exact) mass is 365 g/mol. The lowest BCUT2D eigenvalue weighted by Gasteiger charge is -2.18. The van der Waals surface area contributed by atoms with Gasteiger partial charge in [-0.05, 0) is 36.2 Å². The van der Waals surface area contributed by atoms with Crippen molar-refractivity contribution in [3.05, 3.63) is 41.7 Å². The first kappa shape index (κ1) is 18.1. The predicted molar refractivity (Wildman–Crippen MR) is 92.3 cm³/mol. The summed E-state index contributed by atoms with van der Waals surface area (Å²) in [5.41, 5.74) is 8.36. The normalized spacial score (nSPS) is 19.8. The largest absolute Gasteiger partial charge is 0.435 e. The molecule has 0 aliphatic carbocycles. The van der Waals surface area contributed by atoms with Crippen LogP contribution in [0.2, 0.25) is 0 Å². The van der Waals surface area contributed by atoms with Gasteiger partial charge in [0.1, 0.15) is 5.75 Å². The molecule has 1 aromatic heterocycles. The van der Waals surface area contributed by atoms with Crippen molar-refractivity contribution >= 4 is 11.7 Å². The van der Waals surface area contributed by atoms with Crippen molar-refractivity contribution in [1.82, 2.24) is 14.7 Å². The van der Waals surface area contributed by atoms with Crippen LogP contribution in [-0.2, 0) is 7.05 Å². The number of nitrogens with two attached hydrogens (primary N) is 1. The van der Waals surface area contributed by atoms with E-state index < -0.39 is 6.61 Å². The topological polar surface area (TPSA) is 85.4 Å². The van der Waals surface area contributed by atoms with Crippen LogP contribution in [0.3, 0.4) is 0 Å². The van der Waals surface area contributed by atoms with Gasteiger partial charge >= 0.3 is 12.6 Å². The van der Waals surface area contributed by atoms with Crippen LogP contribution in [-0.4, -0.2) is 46.5 Å². The Morgan fingerprint density at radius 2 is 2.19 bits per heavy atom. The number of aryl methyl sites for hydroxylation is 2. The van der Waals surface area contributed by atoms with Gasteiger partial charge in [0.15, 0.2) is 0 Å². The maximum Gasteiger partial charge on any atom is 0.387 e. The highest BCUT2D eigenvalue weighted by molar-refractivity contribution is 5.90. The predicted octanol–water partition coefficient (Wildman–Crippen LogP) is 2.29. The molecule has 26 heavy (non-hydrogen) atoms. The summed E-state index contributed by atoms with van der Waals surface area (Å²) in [4.78, 5) is 14.2. The number of urea groups is 1. The van der Waals surface area contributed by atoms with Crippen LogP contribution in [0.25, 0.3) is 0 Å². The molecule has 3 rings (SSSR count). The highest BCUT2D eigenvalue weighted by atomic mass is 19.3. The number of hydrogen-bond acceptors (Lipinski definition) is 4. The second-order valence-corrected chi connectivity index (χ2v) is 6.41. The summed E-state index contributed by atoms with van der Waals surface area (Å²) in [5, 5.41) is 6.95. The summed E-state index contributed by atoms with van der Waals surface area (Å²) < 4.78 is 30.6. The number of likely N-dealkylation sites (tertiary alicyclic amines) is 1. The fraction of sp³-hybridized carbons (Fsp3) is 0.412. The van der Waals surface area contributed by atoms with Gasteiger partial charge < -0.3 is 20.7 Å². The minimum atomic E-state index is -2.88. The Bertz CT molecular complexity index is 795. The Morgan fingerprint density at radius 1 is 1.42 bits per heavy atom. The Kier molecular flexibility index (Phi) is 5.08. The molecule has 1 fully saturated rings. The molecule has 2 aromatic rings. The summed E-state index contributed by atoms with van der Waals surface area (Å²) in [6.07, 6.45) is 3.66. The maximum atomic E-state index is 12.5. The number of ether oxygens (including phenoxy) is 1. The van der Waals surface area contributed by atoms with Gasteiger partial charge in [-0.15, -0.1) is 0 Å². The average Bonchev–Trinajstić information content (AvgIpc) is 3.15. The van der Waals surface area contributed by atoms with Gasteiger partial charge in [-0.1, -0.05) is 0 Å². The number of alkyl halides is 2. The van der Waals surface area contributed by atoms with E-state index in [1.165, 1.54) is 12.1 Å². The molecule has 1 aliphatic heterocycles. The molecule has 0 unspecified atom stereocenters. The summed E-state index contributed by atoms with van der Waals surface area (Å²) in [7, 11) is 1.83. The third-order valence-electron chi connectivity index (χ3n) is 4.47. The Labute approximate surface area is 149 Å². The molecule has 2 amide bonds. The van der Waals surface area contributed by atoms with E-state index >= 15 is 0 Å². The van der Waals surface area contributed by atoms with E-state index in [9.17, 15) is 13.6 Å². The fourth-order valence-corrected chi connectivity index (χ4v) is 3.13. The van der Waals surface area contributed by atoms with Crippen molar-refractivity contribution in [2.75, 3.05) is 18.4 Å². The lowest BCUT2D eigenvalue weighted by atomic mass is 9.98. The van der Waals surface area contributed by atoms with Gasteiger partial charge in [-0.3, -0.25) is 4.68 Å². The number of nitrogens with zero attached hydrogens (tertiary/aromatic N) is 3. The second kappa shape index (κ2) is 7.28. The lowest BCUT2D eigenvalue weighted by Crippen LogP contribution is -2.35. The van der Waals surface area contributed by atoms with Crippen LogP contribution in [0.4, 0.5) is 19.3 Å². The Balaban J connectivity index is 1.65. The standard InChI is InChI=1S/C17H21F2N5O2/c1-10-5-12(26-16(18)19)3-4-15(10)22-17(25)24-8-13(14(20)9-24)11-6-21-23(2)7-11/h3-7,13-14,16H,8-9,20H2,1-2H3,(H,22,25)/t13-,14+/m0/s1. The van der Waals surface area contributed by atoms with Crippen LogP contribution in [0.15, 0.2) is 30.6 Å². The summed E-state index contributed by atoms with van der Waals surface area (Å²) in [6, 6.07) is 3.93.